The van der Waals surface area contributed by atoms with Crippen molar-refractivity contribution in [3.05, 3.63) is 35.4 Å². The molecule has 0 saturated carbocycles. The van der Waals surface area contributed by atoms with Gasteiger partial charge >= 0.3 is 0 Å². The molecule has 2 aromatic rings. The van der Waals surface area contributed by atoms with Gasteiger partial charge in [0.15, 0.2) is 14.9 Å². The van der Waals surface area contributed by atoms with E-state index in [1.807, 2.05) is 0 Å². The van der Waals surface area contributed by atoms with Gasteiger partial charge in [0.25, 0.3) is 0 Å². The maximum atomic E-state index is 11.3. The summed E-state index contributed by atoms with van der Waals surface area (Å²) in [5, 5.41) is 1.48. The van der Waals surface area contributed by atoms with Crippen molar-refractivity contribution in [3.63, 3.8) is 0 Å². The minimum absolute atomic E-state index is 0.0669. The SMILES string of the molecule is CS(=O)(=O)c1ccc2ccc(Cl)cc2n1. The zero-order chi connectivity index (χ0) is 11.1. The number of fused-ring (bicyclic) bond motifs is 1. The van der Waals surface area contributed by atoms with Crippen molar-refractivity contribution in [2.75, 3.05) is 6.26 Å². The topological polar surface area (TPSA) is 47.0 Å². The second-order valence-corrected chi connectivity index (χ2v) is 5.66. The number of hydrogen-bond donors (Lipinski definition) is 0. The number of hydrogen-bond acceptors (Lipinski definition) is 3. The van der Waals surface area contributed by atoms with Crippen LogP contribution < -0.4 is 0 Å². The summed E-state index contributed by atoms with van der Waals surface area (Å²) < 4.78 is 22.5. The van der Waals surface area contributed by atoms with Gasteiger partial charge in [-0.3, -0.25) is 0 Å². The van der Waals surface area contributed by atoms with Crippen molar-refractivity contribution in [2.45, 2.75) is 5.03 Å². The van der Waals surface area contributed by atoms with E-state index in [4.69, 9.17) is 11.6 Å². The summed E-state index contributed by atoms with van der Waals surface area (Å²) in [5.41, 5.74) is 0.588. The highest BCUT2D eigenvalue weighted by Crippen LogP contribution is 2.19. The van der Waals surface area contributed by atoms with Crippen LogP contribution in [0.25, 0.3) is 10.9 Å². The zero-order valence-corrected chi connectivity index (χ0v) is 9.51. The lowest BCUT2D eigenvalue weighted by Crippen LogP contribution is -2.00. The van der Waals surface area contributed by atoms with Crippen LogP contribution in [0.2, 0.25) is 5.02 Å². The van der Waals surface area contributed by atoms with E-state index in [1.54, 1.807) is 24.3 Å². The first-order valence-corrected chi connectivity index (χ1v) is 6.50. The van der Waals surface area contributed by atoms with E-state index in [2.05, 4.69) is 4.98 Å². The molecule has 0 saturated heterocycles. The third-order valence-corrected chi connectivity index (χ3v) is 3.23. The van der Waals surface area contributed by atoms with Crippen molar-refractivity contribution in [1.82, 2.24) is 4.98 Å². The average molecular weight is 242 g/mol. The molecule has 3 nitrogen and oxygen atoms in total. The maximum absolute atomic E-state index is 11.3. The Bertz CT molecular complexity index is 622. The van der Waals surface area contributed by atoms with Gasteiger partial charge in [0.05, 0.1) is 5.52 Å². The molecule has 1 heterocycles. The standard InChI is InChI=1S/C10H8ClNO2S/c1-15(13,14)10-5-3-7-2-4-8(11)6-9(7)12-10/h2-6H,1H3. The summed E-state index contributed by atoms with van der Waals surface area (Å²) in [4.78, 5) is 4.03. The van der Waals surface area contributed by atoms with Crippen molar-refractivity contribution in [2.24, 2.45) is 0 Å². The molecule has 5 heteroatoms. The van der Waals surface area contributed by atoms with E-state index >= 15 is 0 Å². The minimum atomic E-state index is -3.26. The van der Waals surface area contributed by atoms with Crippen LogP contribution in [0.1, 0.15) is 0 Å². The van der Waals surface area contributed by atoms with Gasteiger partial charge in [-0.25, -0.2) is 13.4 Å². The van der Waals surface area contributed by atoms with E-state index in [0.29, 0.717) is 10.5 Å². The number of aromatic nitrogens is 1. The van der Waals surface area contributed by atoms with Gasteiger partial charge in [-0.1, -0.05) is 17.7 Å². The first-order valence-electron chi connectivity index (χ1n) is 4.23. The largest absolute Gasteiger partial charge is 0.236 e. The van der Waals surface area contributed by atoms with E-state index < -0.39 is 9.84 Å². The Morgan fingerprint density at radius 1 is 1.20 bits per heavy atom. The molecule has 0 bridgehead atoms. The second kappa shape index (κ2) is 3.47. The summed E-state index contributed by atoms with van der Waals surface area (Å²) in [6, 6.07) is 8.40. The average Bonchev–Trinajstić information content (AvgIpc) is 2.15. The molecule has 0 aliphatic carbocycles. The molecular weight excluding hydrogens is 234 g/mol. The molecule has 2 rings (SSSR count). The van der Waals surface area contributed by atoms with Crippen molar-refractivity contribution >= 4 is 32.3 Å². The first kappa shape index (κ1) is 10.4. The van der Waals surface area contributed by atoms with Gasteiger partial charge in [0.2, 0.25) is 0 Å². The number of sulfone groups is 1. The highest BCUT2D eigenvalue weighted by molar-refractivity contribution is 7.90. The molecule has 0 amide bonds. The van der Waals surface area contributed by atoms with Crippen LogP contribution in [0.4, 0.5) is 0 Å². The Hall–Kier alpha value is -1.13. The molecule has 0 N–H and O–H groups in total. The van der Waals surface area contributed by atoms with Crippen LogP contribution in [0, 0.1) is 0 Å². The highest BCUT2D eigenvalue weighted by Gasteiger charge is 2.09. The molecule has 0 aliphatic heterocycles. The van der Waals surface area contributed by atoms with Crippen LogP contribution in [0.3, 0.4) is 0 Å². The normalized spacial score (nSPS) is 11.9. The van der Waals surface area contributed by atoms with Gasteiger partial charge in [-0.15, -0.1) is 0 Å². The summed E-state index contributed by atoms with van der Waals surface area (Å²) in [6.45, 7) is 0. The zero-order valence-electron chi connectivity index (χ0n) is 7.94. The van der Waals surface area contributed by atoms with Crippen LogP contribution in [0.15, 0.2) is 35.4 Å². The van der Waals surface area contributed by atoms with E-state index in [0.717, 1.165) is 11.6 Å². The molecule has 0 fully saturated rings. The third-order valence-electron chi connectivity index (χ3n) is 2.01. The molecule has 0 spiro atoms. The first-order chi connectivity index (χ1) is 6.97. The predicted molar refractivity (Wildman–Crippen MR) is 59.9 cm³/mol. The van der Waals surface area contributed by atoms with Crippen LogP contribution in [0.5, 0.6) is 0 Å². The lowest BCUT2D eigenvalue weighted by atomic mass is 10.2. The second-order valence-electron chi connectivity index (χ2n) is 3.26. The van der Waals surface area contributed by atoms with Crippen molar-refractivity contribution in [3.8, 4) is 0 Å². The maximum Gasteiger partial charge on any atom is 0.192 e. The van der Waals surface area contributed by atoms with Crippen LogP contribution in [-0.2, 0) is 9.84 Å². The third kappa shape index (κ3) is 2.11. The Morgan fingerprint density at radius 3 is 2.53 bits per heavy atom. The lowest BCUT2D eigenvalue weighted by molar-refractivity contribution is 0.599. The van der Waals surface area contributed by atoms with Crippen LogP contribution in [-0.4, -0.2) is 19.7 Å². The minimum Gasteiger partial charge on any atom is -0.236 e. The van der Waals surface area contributed by atoms with Crippen molar-refractivity contribution < 1.29 is 8.42 Å². The molecule has 0 atom stereocenters. The molecule has 15 heavy (non-hydrogen) atoms. The Labute approximate surface area is 92.6 Å². The summed E-state index contributed by atoms with van der Waals surface area (Å²) in [5.74, 6) is 0. The van der Waals surface area contributed by atoms with Crippen molar-refractivity contribution in [1.29, 1.82) is 0 Å². The molecule has 1 aromatic carbocycles. The fraction of sp³-hybridized carbons (Fsp3) is 0.100. The summed E-state index contributed by atoms with van der Waals surface area (Å²) in [6.07, 6.45) is 1.13. The molecule has 0 unspecified atom stereocenters. The van der Waals surface area contributed by atoms with E-state index in [9.17, 15) is 8.42 Å². The lowest BCUT2D eigenvalue weighted by Gasteiger charge is -2.01. The number of nitrogens with zero attached hydrogens (tertiary/aromatic N) is 1. The fourth-order valence-corrected chi connectivity index (χ4v) is 2.02. The van der Waals surface area contributed by atoms with Gasteiger partial charge < -0.3 is 0 Å². The van der Waals surface area contributed by atoms with E-state index in [1.165, 1.54) is 6.07 Å². The van der Waals surface area contributed by atoms with Gasteiger partial charge in [-0.2, -0.15) is 0 Å². The quantitative estimate of drug-likeness (QED) is 0.770. The Morgan fingerprint density at radius 2 is 1.87 bits per heavy atom. The summed E-state index contributed by atoms with van der Waals surface area (Å²) in [7, 11) is -3.26. The van der Waals surface area contributed by atoms with Gasteiger partial charge in [-0.05, 0) is 24.3 Å². The molecule has 0 aliphatic rings. The smallest absolute Gasteiger partial charge is 0.192 e. The fourth-order valence-electron chi connectivity index (χ4n) is 1.28. The molecular formula is C10H8ClNO2S. The number of benzene rings is 1. The van der Waals surface area contributed by atoms with E-state index in [-0.39, 0.29) is 5.03 Å². The predicted octanol–water partition coefficient (Wildman–Crippen LogP) is 2.29. The Kier molecular flexibility index (Phi) is 2.40. The molecule has 1 aromatic heterocycles. The summed E-state index contributed by atoms with van der Waals surface area (Å²) >= 11 is 5.80. The molecule has 78 valence electrons. The number of rotatable bonds is 1. The monoisotopic (exact) mass is 241 g/mol. The number of halogens is 1. The van der Waals surface area contributed by atoms with Gasteiger partial charge in [0, 0.05) is 16.7 Å². The highest BCUT2D eigenvalue weighted by atomic mass is 35.5. The Balaban J connectivity index is 2.75. The number of pyridine rings is 1. The van der Waals surface area contributed by atoms with Gasteiger partial charge in [0.1, 0.15) is 0 Å². The molecule has 0 radical (unpaired) electrons. The van der Waals surface area contributed by atoms with Crippen LogP contribution >= 0.6 is 11.6 Å².